The van der Waals surface area contributed by atoms with Crippen LogP contribution in [0.2, 0.25) is 0 Å². The molecular formula is C24H19N3O4S. The van der Waals surface area contributed by atoms with E-state index in [1.165, 1.54) is 11.8 Å². The lowest BCUT2D eigenvalue weighted by Crippen LogP contribution is -2.26. The van der Waals surface area contributed by atoms with Gasteiger partial charge in [-0.3, -0.25) is 14.2 Å². The predicted molar refractivity (Wildman–Crippen MR) is 124 cm³/mol. The topological polar surface area (TPSA) is 82.5 Å². The number of ether oxygens (including phenoxy) is 2. The number of hydrogen-bond donors (Lipinski definition) is 1. The molecule has 1 N–H and O–H groups in total. The molecule has 1 aliphatic heterocycles. The van der Waals surface area contributed by atoms with Crippen LogP contribution in [0.4, 0.5) is 5.69 Å². The molecule has 0 bridgehead atoms. The highest BCUT2D eigenvalue weighted by Gasteiger charge is 2.21. The molecule has 1 amide bonds. The fourth-order valence-corrected chi connectivity index (χ4v) is 4.35. The third kappa shape index (κ3) is 3.80. The van der Waals surface area contributed by atoms with Crippen LogP contribution in [0.5, 0.6) is 11.5 Å². The standard InChI is InChI=1S/C24H19N3O4S/c1-15(22(28)25-16-11-12-20-21(13-16)31-14-30-20)32-24-26-19-10-6-5-9-18(19)23(29)27(24)17-7-3-2-4-8-17/h2-13,15H,14H2,1H3,(H,25,28). The molecule has 32 heavy (non-hydrogen) atoms. The Morgan fingerprint density at radius 3 is 2.62 bits per heavy atom. The van der Waals surface area contributed by atoms with E-state index in [4.69, 9.17) is 14.5 Å². The molecule has 0 radical (unpaired) electrons. The summed E-state index contributed by atoms with van der Waals surface area (Å²) in [5.74, 6) is 1.03. The molecule has 5 rings (SSSR count). The highest BCUT2D eigenvalue weighted by molar-refractivity contribution is 8.00. The van der Waals surface area contributed by atoms with Gasteiger partial charge in [0.15, 0.2) is 16.7 Å². The Bertz CT molecular complexity index is 1370. The van der Waals surface area contributed by atoms with E-state index in [9.17, 15) is 9.59 Å². The Labute approximate surface area is 188 Å². The molecule has 0 aliphatic carbocycles. The number of carbonyl (C=O) groups is 1. The van der Waals surface area contributed by atoms with Gasteiger partial charge in [-0.05, 0) is 43.3 Å². The Hall–Kier alpha value is -3.78. The van der Waals surface area contributed by atoms with Crippen LogP contribution >= 0.6 is 11.8 Å². The summed E-state index contributed by atoms with van der Waals surface area (Å²) in [6, 6.07) is 21.8. The fourth-order valence-electron chi connectivity index (χ4n) is 3.43. The van der Waals surface area contributed by atoms with Gasteiger partial charge in [0.2, 0.25) is 12.7 Å². The smallest absolute Gasteiger partial charge is 0.266 e. The van der Waals surface area contributed by atoms with Crippen LogP contribution in [0.3, 0.4) is 0 Å². The fraction of sp³-hybridized carbons (Fsp3) is 0.125. The minimum Gasteiger partial charge on any atom is -0.454 e. The summed E-state index contributed by atoms with van der Waals surface area (Å²) in [6.07, 6.45) is 0. The monoisotopic (exact) mass is 445 g/mol. The average molecular weight is 446 g/mol. The van der Waals surface area contributed by atoms with E-state index in [-0.39, 0.29) is 18.3 Å². The van der Waals surface area contributed by atoms with Crippen LogP contribution in [0.25, 0.3) is 16.6 Å². The average Bonchev–Trinajstić information content (AvgIpc) is 3.28. The molecule has 0 spiro atoms. The Morgan fingerprint density at radius 1 is 1.03 bits per heavy atom. The number of rotatable bonds is 5. The number of fused-ring (bicyclic) bond motifs is 2. The quantitative estimate of drug-likeness (QED) is 0.366. The number of amides is 1. The second-order valence-electron chi connectivity index (χ2n) is 7.21. The minimum atomic E-state index is -0.511. The summed E-state index contributed by atoms with van der Waals surface area (Å²) in [4.78, 5) is 30.9. The largest absolute Gasteiger partial charge is 0.454 e. The van der Waals surface area contributed by atoms with Crippen LogP contribution in [-0.4, -0.2) is 27.5 Å². The molecule has 2 heterocycles. The predicted octanol–water partition coefficient (Wildman–Crippen LogP) is 4.23. The number of hydrogen-bond acceptors (Lipinski definition) is 6. The van der Waals surface area contributed by atoms with Crippen molar-refractivity contribution in [3.63, 3.8) is 0 Å². The van der Waals surface area contributed by atoms with Crippen LogP contribution in [-0.2, 0) is 4.79 Å². The van der Waals surface area contributed by atoms with Gasteiger partial charge >= 0.3 is 0 Å². The van der Waals surface area contributed by atoms with E-state index in [0.717, 1.165) is 0 Å². The van der Waals surface area contributed by atoms with Gasteiger partial charge in [-0.2, -0.15) is 0 Å². The zero-order valence-corrected chi connectivity index (χ0v) is 18.0. The molecule has 4 aromatic rings. The van der Waals surface area contributed by atoms with Gasteiger partial charge in [0.25, 0.3) is 5.56 Å². The van der Waals surface area contributed by atoms with Crippen LogP contribution in [0.1, 0.15) is 6.92 Å². The van der Waals surface area contributed by atoms with Gasteiger partial charge in [0, 0.05) is 11.8 Å². The molecule has 1 atom stereocenters. The van der Waals surface area contributed by atoms with E-state index in [1.807, 2.05) is 42.5 Å². The van der Waals surface area contributed by atoms with Crippen LogP contribution in [0, 0.1) is 0 Å². The molecule has 0 fully saturated rings. The van der Waals surface area contributed by atoms with Crippen molar-refractivity contribution in [2.75, 3.05) is 12.1 Å². The highest BCUT2D eigenvalue weighted by Crippen LogP contribution is 2.34. The van der Waals surface area contributed by atoms with E-state index in [0.29, 0.717) is 38.9 Å². The summed E-state index contributed by atoms with van der Waals surface area (Å²) >= 11 is 1.23. The molecule has 3 aromatic carbocycles. The number of nitrogens with one attached hydrogen (secondary N) is 1. The van der Waals surface area contributed by atoms with Crippen LogP contribution in [0.15, 0.2) is 82.7 Å². The molecule has 8 heteroatoms. The first kappa shape index (κ1) is 20.1. The van der Waals surface area contributed by atoms with Gasteiger partial charge in [-0.25, -0.2) is 4.98 Å². The van der Waals surface area contributed by atoms with Crippen molar-refractivity contribution in [2.24, 2.45) is 0 Å². The Balaban J connectivity index is 1.46. The number of thioether (sulfide) groups is 1. The minimum absolute atomic E-state index is 0.170. The third-order valence-corrected chi connectivity index (χ3v) is 6.10. The molecule has 1 aromatic heterocycles. The summed E-state index contributed by atoms with van der Waals surface area (Å²) in [6.45, 7) is 1.95. The van der Waals surface area contributed by atoms with E-state index < -0.39 is 5.25 Å². The summed E-state index contributed by atoms with van der Waals surface area (Å²) < 4.78 is 12.2. The van der Waals surface area contributed by atoms with Gasteiger partial charge in [-0.15, -0.1) is 0 Å². The zero-order chi connectivity index (χ0) is 22.1. The first-order valence-electron chi connectivity index (χ1n) is 10.0. The van der Waals surface area contributed by atoms with Crippen LogP contribution < -0.4 is 20.3 Å². The lowest BCUT2D eigenvalue weighted by molar-refractivity contribution is -0.115. The number of nitrogens with zero attached hydrogens (tertiary/aromatic N) is 2. The number of benzene rings is 3. The highest BCUT2D eigenvalue weighted by atomic mass is 32.2. The Morgan fingerprint density at radius 2 is 1.78 bits per heavy atom. The first-order chi connectivity index (χ1) is 15.6. The summed E-state index contributed by atoms with van der Waals surface area (Å²) in [5.41, 5.74) is 1.73. The number of carbonyl (C=O) groups excluding carboxylic acids is 1. The molecule has 1 aliphatic rings. The molecule has 0 saturated carbocycles. The molecule has 1 unspecified atom stereocenters. The normalized spacial score (nSPS) is 13.2. The van der Waals surface area contributed by atoms with E-state index in [2.05, 4.69) is 5.32 Å². The maximum absolute atomic E-state index is 13.3. The van der Waals surface area contributed by atoms with Gasteiger partial charge < -0.3 is 14.8 Å². The van der Waals surface area contributed by atoms with Crippen molar-refractivity contribution in [3.05, 3.63) is 83.2 Å². The van der Waals surface area contributed by atoms with Gasteiger partial charge in [0.1, 0.15) is 0 Å². The number of anilines is 1. The maximum Gasteiger partial charge on any atom is 0.266 e. The van der Waals surface area contributed by atoms with Gasteiger partial charge in [0.05, 0.1) is 21.8 Å². The van der Waals surface area contributed by atoms with Crippen molar-refractivity contribution >= 4 is 34.3 Å². The van der Waals surface area contributed by atoms with Gasteiger partial charge in [-0.1, -0.05) is 42.1 Å². The zero-order valence-electron chi connectivity index (χ0n) is 17.1. The first-order valence-corrected chi connectivity index (χ1v) is 10.9. The summed E-state index contributed by atoms with van der Waals surface area (Å²) in [5, 5.41) is 3.36. The molecule has 7 nitrogen and oxygen atoms in total. The second kappa shape index (κ2) is 8.39. The molecular weight excluding hydrogens is 426 g/mol. The van der Waals surface area contributed by atoms with E-state index >= 15 is 0 Å². The second-order valence-corrected chi connectivity index (χ2v) is 8.51. The SMILES string of the molecule is CC(Sc1nc2ccccc2c(=O)n1-c1ccccc1)C(=O)Nc1ccc2c(c1)OCO2. The lowest BCUT2D eigenvalue weighted by Gasteiger charge is -2.16. The van der Waals surface area contributed by atoms with Crippen molar-refractivity contribution in [2.45, 2.75) is 17.3 Å². The summed E-state index contributed by atoms with van der Waals surface area (Å²) in [7, 11) is 0. The lowest BCUT2D eigenvalue weighted by atomic mass is 10.2. The Kier molecular flexibility index (Phi) is 5.28. The van der Waals surface area contributed by atoms with Crippen molar-refractivity contribution < 1.29 is 14.3 Å². The third-order valence-electron chi connectivity index (χ3n) is 5.05. The van der Waals surface area contributed by atoms with Crippen molar-refractivity contribution in [3.8, 4) is 17.2 Å². The van der Waals surface area contributed by atoms with Crippen molar-refractivity contribution in [1.29, 1.82) is 0 Å². The van der Waals surface area contributed by atoms with E-state index in [1.54, 1.807) is 41.8 Å². The number of aromatic nitrogens is 2. The number of para-hydroxylation sites is 2. The maximum atomic E-state index is 13.3. The van der Waals surface area contributed by atoms with Crippen molar-refractivity contribution in [1.82, 2.24) is 9.55 Å². The molecule has 160 valence electrons. The molecule has 0 saturated heterocycles.